The maximum absolute atomic E-state index is 11.1. The molecule has 1 aromatic carbocycles. The molecule has 1 rings (SSSR count). The van der Waals surface area contributed by atoms with Crippen LogP contribution in [0.5, 0.6) is 0 Å². The van der Waals surface area contributed by atoms with Gasteiger partial charge in [-0.05, 0) is 31.4 Å². The number of ether oxygens (including phenoxy) is 1. The standard InChI is InChI=1S/C13H17ClO3/c1-2-17-8-7-11(13(15)16)9-10-5-3-4-6-12(10)14/h3-6,11H,2,7-9H2,1H3,(H,15,16). The van der Waals surface area contributed by atoms with E-state index in [4.69, 9.17) is 21.4 Å². The van der Waals surface area contributed by atoms with Gasteiger partial charge in [0.15, 0.2) is 0 Å². The Kier molecular flexibility index (Phi) is 6.01. The topological polar surface area (TPSA) is 46.5 Å². The van der Waals surface area contributed by atoms with E-state index in [1.54, 1.807) is 6.07 Å². The van der Waals surface area contributed by atoms with Gasteiger partial charge < -0.3 is 9.84 Å². The quantitative estimate of drug-likeness (QED) is 0.763. The normalized spacial score (nSPS) is 12.4. The lowest BCUT2D eigenvalue weighted by atomic mass is 9.96. The summed E-state index contributed by atoms with van der Waals surface area (Å²) < 4.78 is 5.19. The lowest BCUT2D eigenvalue weighted by Gasteiger charge is -2.13. The molecule has 1 N–H and O–H groups in total. The third kappa shape index (κ3) is 4.75. The molecule has 1 unspecified atom stereocenters. The molecule has 0 fully saturated rings. The molecule has 0 aliphatic heterocycles. The van der Waals surface area contributed by atoms with Gasteiger partial charge in [-0.3, -0.25) is 4.79 Å². The number of hydrogen-bond acceptors (Lipinski definition) is 2. The number of rotatable bonds is 7. The van der Waals surface area contributed by atoms with E-state index in [0.29, 0.717) is 31.1 Å². The second-order valence-corrected chi connectivity index (χ2v) is 4.22. The molecule has 1 atom stereocenters. The van der Waals surface area contributed by atoms with Crippen molar-refractivity contribution in [3.8, 4) is 0 Å². The van der Waals surface area contributed by atoms with Crippen molar-refractivity contribution >= 4 is 17.6 Å². The highest BCUT2D eigenvalue weighted by atomic mass is 35.5. The highest BCUT2D eigenvalue weighted by molar-refractivity contribution is 6.31. The second-order valence-electron chi connectivity index (χ2n) is 3.82. The molecule has 17 heavy (non-hydrogen) atoms. The number of benzene rings is 1. The first kappa shape index (κ1) is 14.0. The van der Waals surface area contributed by atoms with E-state index >= 15 is 0 Å². The van der Waals surface area contributed by atoms with Crippen LogP contribution in [-0.4, -0.2) is 24.3 Å². The van der Waals surface area contributed by atoms with Gasteiger partial charge in [-0.1, -0.05) is 29.8 Å². The van der Waals surface area contributed by atoms with Gasteiger partial charge in [0.2, 0.25) is 0 Å². The Labute approximate surface area is 106 Å². The molecule has 0 radical (unpaired) electrons. The Balaban J connectivity index is 2.61. The predicted molar refractivity (Wildman–Crippen MR) is 67.4 cm³/mol. The highest BCUT2D eigenvalue weighted by Crippen LogP contribution is 2.20. The van der Waals surface area contributed by atoms with E-state index in [1.807, 2.05) is 25.1 Å². The molecular formula is C13H17ClO3. The van der Waals surface area contributed by atoms with Crippen molar-refractivity contribution in [2.24, 2.45) is 5.92 Å². The lowest BCUT2D eigenvalue weighted by Crippen LogP contribution is -2.18. The molecule has 0 spiro atoms. The van der Waals surface area contributed by atoms with Gasteiger partial charge in [0, 0.05) is 18.2 Å². The zero-order valence-corrected chi connectivity index (χ0v) is 10.6. The molecule has 0 aliphatic carbocycles. The Hall–Kier alpha value is -1.06. The molecule has 0 saturated heterocycles. The van der Waals surface area contributed by atoms with Crippen molar-refractivity contribution in [1.29, 1.82) is 0 Å². The number of halogens is 1. The van der Waals surface area contributed by atoms with Crippen molar-refractivity contribution in [3.63, 3.8) is 0 Å². The maximum Gasteiger partial charge on any atom is 0.306 e. The summed E-state index contributed by atoms with van der Waals surface area (Å²) in [7, 11) is 0. The molecule has 0 bridgehead atoms. The SMILES string of the molecule is CCOCCC(Cc1ccccc1Cl)C(=O)O. The van der Waals surface area contributed by atoms with E-state index in [9.17, 15) is 4.79 Å². The Morgan fingerprint density at radius 2 is 2.18 bits per heavy atom. The van der Waals surface area contributed by atoms with E-state index in [0.717, 1.165) is 5.56 Å². The average Bonchev–Trinajstić information content (AvgIpc) is 2.30. The van der Waals surface area contributed by atoms with Gasteiger partial charge in [0.05, 0.1) is 5.92 Å². The van der Waals surface area contributed by atoms with Gasteiger partial charge in [0.25, 0.3) is 0 Å². The van der Waals surface area contributed by atoms with Gasteiger partial charge >= 0.3 is 5.97 Å². The van der Waals surface area contributed by atoms with E-state index in [-0.39, 0.29) is 0 Å². The second kappa shape index (κ2) is 7.30. The third-order valence-corrected chi connectivity index (χ3v) is 2.96. The van der Waals surface area contributed by atoms with Crippen LogP contribution >= 0.6 is 11.6 Å². The molecule has 1 aromatic rings. The summed E-state index contributed by atoms with van der Waals surface area (Å²) in [6.07, 6.45) is 0.955. The first-order chi connectivity index (χ1) is 8.15. The largest absolute Gasteiger partial charge is 0.481 e. The fourth-order valence-electron chi connectivity index (χ4n) is 1.61. The van der Waals surface area contributed by atoms with Crippen molar-refractivity contribution in [3.05, 3.63) is 34.9 Å². The van der Waals surface area contributed by atoms with Gasteiger partial charge in [0.1, 0.15) is 0 Å². The number of aliphatic carboxylic acids is 1. The lowest BCUT2D eigenvalue weighted by molar-refractivity contribution is -0.142. The van der Waals surface area contributed by atoms with Crippen LogP contribution in [0, 0.1) is 5.92 Å². The Bertz CT molecular complexity index is 365. The Morgan fingerprint density at radius 1 is 1.47 bits per heavy atom. The van der Waals surface area contributed by atoms with Gasteiger partial charge in [-0.2, -0.15) is 0 Å². The van der Waals surface area contributed by atoms with Crippen molar-refractivity contribution in [2.45, 2.75) is 19.8 Å². The van der Waals surface area contributed by atoms with Crippen LogP contribution in [0.1, 0.15) is 18.9 Å². The summed E-state index contributed by atoms with van der Waals surface area (Å²) in [4.78, 5) is 11.1. The number of carbonyl (C=O) groups is 1. The van der Waals surface area contributed by atoms with Crippen LogP contribution in [-0.2, 0) is 16.0 Å². The first-order valence-electron chi connectivity index (χ1n) is 5.69. The summed E-state index contributed by atoms with van der Waals surface area (Å²) in [5.74, 6) is -1.24. The van der Waals surface area contributed by atoms with Crippen LogP contribution in [0.2, 0.25) is 5.02 Å². The minimum absolute atomic E-state index is 0.443. The minimum Gasteiger partial charge on any atom is -0.481 e. The predicted octanol–water partition coefficient (Wildman–Crippen LogP) is 3.01. The molecule has 4 heteroatoms. The van der Waals surface area contributed by atoms with Crippen molar-refractivity contribution in [2.75, 3.05) is 13.2 Å². The van der Waals surface area contributed by atoms with E-state index < -0.39 is 11.9 Å². The van der Waals surface area contributed by atoms with Crippen LogP contribution in [0.4, 0.5) is 0 Å². The summed E-state index contributed by atoms with van der Waals surface area (Å²) >= 11 is 6.01. The van der Waals surface area contributed by atoms with Crippen LogP contribution < -0.4 is 0 Å². The molecule has 0 aliphatic rings. The Morgan fingerprint density at radius 3 is 2.76 bits per heavy atom. The van der Waals surface area contributed by atoms with Gasteiger partial charge in [-0.25, -0.2) is 0 Å². The van der Waals surface area contributed by atoms with Gasteiger partial charge in [-0.15, -0.1) is 0 Å². The molecule has 0 saturated carbocycles. The van der Waals surface area contributed by atoms with Crippen molar-refractivity contribution < 1.29 is 14.6 Å². The fourth-order valence-corrected chi connectivity index (χ4v) is 1.83. The van der Waals surface area contributed by atoms with Crippen molar-refractivity contribution in [1.82, 2.24) is 0 Å². The zero-order chi connectivity index (χ0) is 12.7. The van der Waals surface area contributed by atoms with Crippen LogP contribution in [0.25, 0.3) is 0 Å². The molecule has 3 nitrogen and oxygen atoms in total. The fraction of sp³-hybridized carbons (Fsp3) is 0.462. The average molecular weight is 257 g/mol. The number of carboxylic acids is 1. The number of carboxylic acid groups (broad SMARTS) is 1. The monoisotopic (exact) mass is 256 g/mol. The highest BCUT2D eigenvalue weighted by Gasteiger charge is 2.18. The molecular weight excluding hydrogens is 240 g/mol. The summed E-state index contributed by atoms with van der Waals surface area (Å²) in [6.45, 7) is 2.97. The third-order valence-electron chi connectivity index (χ3n) is 2.59. The molecule has 0 heterocycles. The summed E-state index contributed by atoms with van der Waals surface area (Å²) in [5, 5.41) is 9.75. The first-order valence-corrected chi connectivity index (χ1v) is 6.07. The zero-order valence-electron chi connectivity index (χ0n) is 9.86. The maximum atomic E-state index is 11.1. The van der Waals surface area contributed by atoms with E-state index in [1.165, 1.54) is 0 Å². The minimum atomic E-state index is -0.801. The molecule has 0 aromatic heterocycles. The van der Waals surface area contributed by atoms with Crippen LogP contribution in [0.15, 0.2) is 24.3 Å². The summed E-state index contributed by atoms with van der Waals surface area (Å²) in [5.41, 5.74) is 0.873. The molecule has 0 amide bonds. The number of hydrogen-bond donors (Lipinski definition) is 1. The summed E-state index contributed by atoms with van der Waals surface area (Å²) in [6, 6.07) is 7.34. The van der Waals surface area contributed by atoms with Crippen LogP contribution in [0.3, 0.4) is 0 Å². The van der Waals surface area contributed by atoms with E-state index in [2.05, 4.69) is 0 Å². The smallest absolute Gasteiger partial charge is 0.306 e. The molecule has 94 valence electrons.